The third-order valence-electron chi connectivity index (χ3n) is 2.73. The largest absolute Gasteiger partial charge is 0.469 e. The van der Waals surface area contributed by atoms with E-state index in [0.29, 0.717) is 0 Å². The molecule has 2 aromatic rings. The maximum absolute atomic E-state index is 11.2. The van der Waals surface area contributed by atoms with Gasteiger partial charge in [0.05, 0.1) is 19.2 Å². The van der Waals surface area contributed by atoms with Crippen LogP contribution in [0.4, 0.5) is 5.13 Å². The Morgan fingerprint density at radius 1 is 1.50 bits per heavy atom. The predicted molar refractivity (Wildman–Crippen MR) is 84.1 cm³/mol. The summed E-state index contributed by atoms with van der Waals surface area (Å²) in [7, 11) is 3.37. The number of hydrogen-bond acceptors (Lipinski definition) is 5. The van der Waals surface area contributed by atoms with Crippen molar-refractivity contribution in [1.29, 1.82) is 0 Å². The highest BCUT2D eigenvalue weighted by molar-refractivity contribution is 9.10. The van der Waals surface area contributed by atoms with Crippen molar-refractivity contribution < 1.29 is 9.53 Å². The van der Waals surface area contributed by atoms with Crippen LogP contribution >= 0.6 is 27.3 Å². The molecule has 1 aromatic heterocycles. The van der Waals surface area contributed by atoms with Crippen LogP contribution in [-0.4, -0.2) is 25.1 Å². The maximum atomic E-state index is 11.2. The molecule has 0 saturated heterocycles. The number of thiazole rings is 1. The number of aromatic nitrogens is 1. The van der Waals surface area contributed by atoms with E-state index in [-0.39, 0.29) is 12.4 Å². The number of carbonyl (C=O) groups is 1. The number of rotatable bonds is 5. The van der Waals surface area contributed by atoms with Crippen LogP contribution in [0.5, 0.6) is 0 Å². The Hall–Kier alpha value is -1.40. The minimum atomic E-state index is -0.267. The van der Waals surface area contributed by atoms with E-state index >= 15 is 0 Å². The number of esters is 1. The predicted octanol–water partition coefficient (Wildman–Crippen LogP) is 3.26. The Bertz CT molecular complexity index is 600. The molecular weight excluding hydrogens is 340 g/mol. The number of benzene rings is 1. The van der Waals surface area contributed by atoms with Crippen molar-refractivity contribution in [1.82, 2.24) is 4.98 Å². The van der Waals surface area contributed by atoms with Crippen molar-refractivity contribution in [3.63, 3.8) is 0 Å². The molecule has 0 aliphatic rings. The summed E-state index contributed by atoms with van der Waals surface area (Å²) in [6.45, 7) is 0.768. The summed E-state index contributed by atoms with van der Waals surface area (Å²) >= 11 is 4.99. The van der Waals surface area contributed by atoms with Gasteiger partial charge in [-0.1, -0.05) is 28.1 Å². The third-order valence-corrected chi connectivity index (χ3v) is 4.23. The molecule has 0 N–H and O–H groups in total. The van der Waals surface area contributed by atoms with E-state index in [1.54, 1.807) is 0 Å². The molecule has 4 nitrogen and oxygen atoms in total. The molecule has 0 aliphatic heterocycles. The second-order valence-corrected chi connectivity index (χ2v) is 6.11. The SMILES string of the molecule is COC(=O)Cc1csc(N(C)Cc2cccc(Br)c2)n1. The normalized spacial score (nSPS) is 10.3. The van der Waals surface area contributed by atoms with Gasteiger partial charge in [0, 0.05) is 23.4 Å². The standard InChI is InChI=1S/C14H15BrN2O2S/c1-17(8-10-4-3-5-11(15)6-10)14-16-12(9-20-14)7-13(18)19-2/h3-6,9H,7-8H2,1-2H3. The number of halogens is 1. The molecule has 0 unspecified atom stereocenters. The van der Waals surface area contributed by atoms with Crippen LogP contribution < -0.4 is 4.90 Å². The summed E-state index contributed by atoms with van der Waals surface area (Å²) < 4.78 is 5.70. The van der Waals surface area contributed by atoms with Gasteiger partial charge in [-0.2, -0.15) is 0 Å². The number of ether oxygens (including phenoxy) is 1. The Kier molecular flexibility index (Phi) is 5.14. The molecule has 0 fully saturated rings. The minimum absolute atomic E-state index is 0.220. The molecule has 0 spiro atoms. The molecule has 0 amide bonds. The fraction of sp³-hybridized carbons (Fsp3) is 0.286. The molecule has 0 aliphatic carbocycles. The zero-order valence-corrected chi connectivity index (χ0v) is 13.7. The van der Waals surface area contributed by atoms with Crippen molar-refractivity contribution in [2.75, 3.05) is 19.1 Å². The van der Waals surface area contributed by atoms with Crippen molar-refractivity contribution in [2.24, 2.45) is 0 Å². The van der Waals surface area contributed by atoms with E-state index < -0.39 is 0 Å². The zero-order valence-electron chi connectivity index (χ0n) is 11.3. The number of carbonyl (C=O) groups excluding carboxylic acids is 1. The molecule has 6 heteroatoms. The first-order chi connectivity index (χ1) is 9.58. The first-order valence-electron chi connectivity index (χ1n) is 6.05. The van der Waals surface area contributed by atoms with Gasteiger partial charge in [-0.3, -0.25) is 4.79 Å². The van der Waals surface area contributed by atoms with E-state index in [9.17, 15) is 4.79 Å². The topological polar surface area (TPSA) is 42.4 Å². The summed E-state index contributed by atoms with van der Waals surface area (Å²) in [6, 6.07) is 8.17. The zero-order chi connectivity index (χ0) is 14.5. The van der Waals surface area contributed by atoms with Crippen molar-refractivity contribution in [3.05, 3.63) is 45.4 Å². The molecule has 0 saturated carbocycles. The molecule has 106 valence electrons. The summed E-state index contributed by atoms with van der Waals surface area (Å²) in [4.78, 5) is 17.7. The maximum Gasteiger partial charge on any atom is 0.311 e. The van der Waals surface area contributed by atoms with Crippen LogP contribution in [0.1, 0.15) is 11.3 Å². The fourth-order valence-corrected chi connectivity index (χ4v) is 2.99. The van der Waals surface area contributed by atoms with Crippen LogP contribution in [0.15, 0.2) is 34.1 Å². The van der Waals surface area contributed by atoms with E-state index in [1.165, 1.54) is 24.0 Å². The van der Waals surface area contributed by atoms with Crippen LogP contribution in [-0.2, 0) is 22.5 Å². The number of nitrogens with zero attached hydrogens (tertiary/aromatic N) is 2. The van der Waals surface area contributed by atoms with Crippen LogP contribution in [0.3, 0.4) is 0 Å². The molecule has 20 heavy (non-hydrogen) atoms. The lowest BCUT2D eigenvalue weighted by Crippen LogP contribution is -2.16. The van der Waals surface area contributed by atoms with Crippen molar-refractivity contribution >= 4 is 38.4 Å². The first-order valence-corrected chi connectivity index (χ1v) is 7.72. The molecule has 2 rings (SSSR count). The summed E-state index contributed by atoms with van der Waals surface area (Å²) in [5, 5.41) is 2.79. The highest BCUT2D eigenvalue weighted by Crippen LogP contribution is 2.22. The Morgan fingerprint density at radius 2 is 2.30 bits per heavy atom. The van der Waals surface area contributed by atoms with Crippen molar-refractivity contribution in [2.45, 2.75) is 13.0 Å². The van der Waals surface area contributed by atoms with E-state index in [1.807, 2.05) is 24.6 Å². The van der Waals surface area contributed by atoms with Gasteiger partial charge < -0.3 is 9.64 Å². The van der Waals surface area contributed by atoms with E-state index in [4.69, 9.17) is 0 Å². The van der Waals surface area contributed by atoms with Gasteiger partial charge in [0.2, 0.25) is 0 Å². The molecule has 0 bridgehead atoms. The lowest BCUT2D eigenvalue weighted by molar-refractivity contribution is -0.139. The second kappa shape index (κ2) is 6.85. The Balaban J connectivity index is 2.02. The second-order valence-electron chi connectivity index (χ2n) is 4.36. The van der Waals surface area contributed by atoms with Crippen LogP contribution in [0, 0.1) is 0 Å². The first kappa shape index (κ1) is 15.0. The molecule has 0 radical (unpaired) electrons. The van der Waals surface area contributed by atoms with E-state index in [0.717, 1.165) is 21.8 Å². The van der Waals surface area contributed by atoms with Crippen molar-refractivity contribution in [3.8, 4) is 0 Å². The Labute approximate surface area is 130 Å². The third kappa shape index (κ3) is 4.05. The lowest BCUT2D eigenvalue weighted by Gasteiger charge is -2.15. The van der Waals surface area contributed by atoms with Gasteiger partial charge in [-0.15, -0.1) is 11.3 Å². The number of hydrogen-bond donors (Lipinski definition) is 0. The van der Waals surface area contributed by atoms with Gasteiger partial charge in [0.25, 0.3) is 0 Å². The summed E-state index contributed by atoms with van der Waals surface area (Å²) in [6.07, 6.45) is 0.220. The molecular formula is C14H15BrN2O2S. The number of anilines is 1. The van der Waals surface area contributed by atoms with Gasteiger partial charge in [0.15, 0.2) is 5.13 Å². The lowest BCUT2D eigenvalue weighted by atomic mass is 10.2. The number of methoxy groups -OCH3 is 1. The van der Waals surface area contributed by atoms with Gasteiger partial charge in [-0.25, -0.2) is 4.98 Å². The summed E-state index contributed by atoms with van der Waals surface area (Å²) in [5.41, 5.74) is 1.95. The van der Waals surface area contributed by atoms with Gasteiger partial charge in [-0.05, 0) is 17.7 Å². The van der Waals surface area contributed by atoms with Gasteiger partial charge in [0.1, 0.15) is 0 Å². The van der Waals surface area contributed by atoms with Crippen LogP contribution in [0.2, 0.25) is 0 Å². The van der Waals surface area contributed by atoms with E-state index in [2.05, 4.69) is 42.7 Å². The monoisotopic (exact) mass is 354 g/mol. The van der Waals surface area contributed by atoms with Gasteiger partial charge >= 0.3 is 5.97 Å². The van der Waals surface area contributed by atoms with Crippen LogP contribution in [0.25, 0.3) is 0 Å². The fourth-order valence-electron chi connectivity index (χ4n) is 1.75. The molecule has 1 heterocycles. The average molecular weight is 355 g/mol. The Morgan fingerprint density at radius 3 is 3.00 bits per heavy atom. The quantitative estimate of drug-likeness (QED) is 0.773. The highest BCUT2D eigenvalue weighted by Gasteiger charge is 2.11. The molecule has 0 atom stereocenters. The summed E-state index contributed by atoms with van der Waals surface area (Å²) in [5.74, 6) is -0.267. The molecule has 1 aromatic carbocycles. The average Bonchev–Trinajstić information content (AvgIpc) is 2.87. The minimum Gasteiger partial charge on any atom is -0.469 e. The highest BCUT2D eigenvalue weighted by atomic mass is 79.9. The smallest absolute Gasteiger partial charge is 0.311 e.